The van der Waals surface area contributed by atoms with Gasteiger partial charge in [-0.2, -0.15) is 0 Å². The summed E-state index contributed by atoms with van der Waals surface area (Å²) in [6, 6.07) is 6.55. The van der Waals surface area contributed by atoms with Gasteiger partial charge in [0.25, 0.3) is 12.4 Å². The molecule has 1 N–H and O–H groups in total. The lowest BCUT2D eigenvalue weighted by Crippen LogP contribution is -2.55. The lowest BCUT2D eigenvalue weighted by atomic mass is 9.86. The average Bonchev–Trinajstić information content (AvgIpc) is 3.28. The molecule has 2 aromatic rings. The molecule has 3 heterocycles. The van der Waals surface area contributed by atoms with E-state index in [4.69, 9.17) is 14.9 Å². The maximum absolute atomic E-state index is 12.7. The second-order valence-corrected chi connectivity index (χ2v) is 8.62. The van der Waals surface area contributed by atoms with Crippen LogP contribution >= 0.6 is 0 Å². The highest BCUT2D eigenvalue weighted by Gasteiger charge is 2.55. The van der Waals surface area contributed by atoms with E-state index in [1.807, 2.05) is 0 Å². The molecule has 0 radical (unpaired) electrons. The molecular weight excluding hydrogens is 396 g/mol. The predicted molar refractivity (Wildman–Crippen MR) is 117 cm³/mol. The van der Waals surface area contributed by atoms with E-state index in [2.05, 4.69) is 30.0 Å². The van der Waals surface area contributed by atoms with E-state index < -0.39 is 5.54 Å². The standard InChI is InChI=1S/C22H26N4O2.CH2O2/c1-14-11-19(23-18-13-16-6-4-5-15(16)12-17(14)18)26-9-7-22(8-10-26)20(27)24(2)21(28)25(22)3;2-1-3/h11-13H,4-10H2,1-3H3;1H,(H,2,3). The normalized spacial score (nSPS) is 19.6. The molecule has 8 heteroatoms. The minimum absolute atomic E-state index is 0.0714. The number of anilines is 1. The second kappa shape index (κ2) is 7.83. The third kappa shape index (κ3) is 3.30. The summed E-state index contributed by atoms with van der Waals surface area (Å²) < 4.78 is 0. The molecule has 1 aromatic carbocycles. The highest BCUT2D eigenvalue weighted by molar-refractivity contribution is 6.06. The van der Waals surface area contributed by atoms with Crippen molar-refractivity contribution in [3.8, 4) is 0 Å². The summed E-state index contributed by atoms with van der Waals surface area (Å²) in [5.74, 6) is 0.906. The zero-order chi connectivity index (χ0) is 22.3. The van der Waals surface area contributed by atoms with E-state index in [1.54, 1.807) is 19.0 Å². The van der Waals surface area contributed by atoms with Crippen molar-refractivity contribution >= 4 is 35.1 Å². The predicted octanol–water partition coefficient (Wildman–Crippen LogP) is 2.60. The van der Waals surface area contributed by atoms with Crippen LogP contribution in [-0.4, -0.2) is 71.0 Å². The molecule has 0 bridgehead atoms. The molecule has 3 aliphatic rings. The van der Waals surface area contributed by atoms with Gasteiger partial charge in [-0.1, -0.05) is 0 Å². The van der Waals surface area contributed by atoms with E-state index in [1.165, 1.54) is 39.8 Å². The van der Waals surface area contributed by atoms with Gasteiger partial charge in [0.2, 0.25) is 0 Å². The SMILES string of the molecule is Cc1cc(N2CCC3(CC2)C(=O)N(C)C(=O)N3C)nc2cc3c(cc12)CCC3.O=CO. The van der Waals surface area contributed by atoms with E-state index in [0.29, 0.717) is 12.8 Å². The van der Waals surface area contributed by atoms with Crippen LogP contribution in [-0.2, 0) is 22.4 Å². The maximum Gasteiger partial charge on any atom is 0.327 e. The number of imide groups is 1. The molecule has 3 amide bonds. The first-order chi connectivity index (χ1) is 14.8. The van der Waals surface area contributed by atoms with Crippen LogP contribution in [0.25, 0.3) is 10.9 Å². The second-order valence-electron chi connectivity index (χ2n) is 8.62. The summed E-state index contributed by atoms with van der Waals surface area (Å²) in [7, 11) is 3.33. The van der Waals surface area contributed by atoms with Gasteiger partial charge in [-0.15, -0.1) is 0 Å². The van der Waals surface area contributed by atoms with Gasteiger partial charge in [0, 0.05) is 32.6 Å². The molecule has 31 heavy (non-hydrogen) atoms. The Morgan fingerprint density at radius 1 is 1.06 bits per heavy atom. The average molecular weight is 425 g/mol. The Balaban J connectivity index is 0.000000730. The van der Waals surface area contributed by atoms with E-state index >= 15 is 0 Å². The summed E-state index contributed by atoms with van der Waals surface area (Å²) in [6.45, 7) is 3.35. The van der Waals surface area contributed by atoms with Crippen LogP contribution in [0.15, 0.2) is 18.2 Å². The molecule has 164 valence electrons. The van der Waals surface area contributed by atoms with Crippen LogP contribution in [0.3, 0.4) is 0 Å². The molecular formula is C23H28N4O4. The number of nitrogens with zero attached hydrogens (tertiary/aromatic N) is 4. The molecule has 0 saturated carbocycles. The first-order valence-corrected chi connectivity index (χ1v) is 10.6. The lowest BCUT2D eigenvalue weighted by Gasteiger charge is -2.41. The fourth-order valence-electron chi connectivity index (χ4n) is 5.21. The number of hydrogen-bond acceptors (Lipinski definition) is 5. The van der Waals surface area contributed by atoms with Crippen molar-refractivity contribution in [2.45, 2.75) is 44.6 Å². The van der Waals surface area contributed by atoms with Gasteiger partial charge in [-0.05, 0) is 73.9 Å². The van der Waals surface area contributed by atoms with Gasteiger partial charge in [0.15, 0.2) is 0 Å². The van der Waals surface area contributed by atoms with Crippen molar-refractivity contribution in [3.05, 3.63) is 34.9 Å². The molecule has 0 unspecified atom stereocenters. The minimum Gasteiger partial charge on any atom is -0.483 e. The van der Waals surface area contributed by atoms with Crippen LogP contribution in [0.1, 0.15) is 36.0 Å². The molecule has 2 fully saturated rings. The van der Waals surface area contributed by atoms with Crippen LogP contribution in [0.4, 0.5) is 10.6 Å². The van der Waals surface area contributed by atoms with Crippen LogP contribution in [0.2, 0.25) is 0 Å². The lowest BCUT2D eigenvalue weighted by molar-refractivity contribution is -0.133. The number of likely N-dealkylation sites (N-methyl/N-ethyl adjacent to an activating group) is 2. The quantitative estimate of drug-likeness (QED) is 0.559. The Morgan fingerprint density at radius 3 is 2.26 bits per heavy atom. The number of urea groups is 1. The zero-order valence-electron chi connectivity index (χ0n) is 18.2. The fraction of sp³-hybridized carbons (Fsp3) is 0.478. The third-order valence-corrected chi connectivity index (χ3v) is 7.05. The van der Waals surface area contributed by atoms with Gasteiger partial charge in [0.1, 0.15) is 11.4 Å². The van der Waals surface area contributed by atoms with Crippen LogP contribution < -0.4 is 4.90 Å². The number of carboxylic acid groups (broad SMARTS) is 1. The van der Waals surface area contributed by atoms with Gasteiger partial charge in [-0.3, -0.25) is 14.5 Å². The Hall–Kier alpha value is -3.16. The van der Waals surface area contributed by atoms with E-state index in [9.17, 15) is 9.59 Å². The van der Waals surface area contributed by atoms with Crippen molar-refractivity contribution in [1.82, 2.24) is 14.8 Å². The highest BCUT2D eigenvalue weighted by Crippen LogP contribution is 2.37. The maximum atomic E-state index is 12.7. The summed E-state index contributed by atoms with van der Waals surface area (Å²) in [5.41, 5.74) is 4.55. The largest absolute Gasteiger partial charge is 0.483 e. The molecule has 2 saturated heterocycles. The fourth-order valence-corrected chi connectivity index (χ4v) is 5.21. The van der Waals surface area contributed by atoms with Crippen molar-refractivity contribution in [2.75, 3.05) is 32.1 Å². The van der Waals surface area contributed by atoms with E-state index in [-0.39, 0.29) is 18.4 Å². The van der Waals surface area contributed by atoms with Crippen molar-refractivity contribution in [1.29, 1.82) is 0 Å². The zero-order valence-corrected chi connectivity index (χ0v) is 18.2. The molecule has 8 nitrogen and oxygen atoms in total. The number of carbonyl (C=O) groups excluding carboxylic acids is 2. The number of piperidine rings is 1. The highest BCUT2D eigenvalue weighted by atomic mass is 16.3. The van der Waals surface area contributed by atoms with Crippen molar-refractivity contribution in [2.24, 2.45) is 0 Å². The number of pyridine rings is 1. The number of aromatic nitrogens is 1. The Bertz CT molecular complexity index is 1060. The molecule has 5 rings (SSSR count). The monoisotopic (exact) mass is 424 g/mol. The molecule has 2 aliphatic heterocycles. The molecule has 1 spiro atoms. The summed E-state index contributed by atoms with van der Waals surface area (Å²) in [5, 5.41) is 8.14. The van der Waals surface area contributed by atoms with Crippen molar-refractivity contribution in [3.63, 3.8) is 0 Å². The van der Waals surface area contributed by atoms with Gasteiger partial charge >= 0.3 is 6.03 Å². The van der Waals surface area contributed by atoms with Crippen molar-refractivity contribution < 1.29 is 19.5 Å². The Labute approximate surface area is 181 Å². The van der Waals surface area contributed by atoms with Gasteiger partial charge in [-0.25, -0.2) is 9.78 Å². The molecule has 1 aliphatic carbocycles. The topological polar surface area (TPSA) is 94.1 Å². The smallest absolute Gasteiger partial charge is 0.327 e. The van der Waals surface area contributed by atoms with E-state index in [0.717, 1.165) is 30.8 Å². The number of rotatable bonds is 1. The summed E-state index contributed by atoms with van der Waals surface area (Å²) in [4.78, 5) is 43.4. The minimum atomic E-state index is -0.685. The van der Waals surface area contributed by atoms with Crippen LogP contribution in [0.5, 0.6) is 0 Å². The Kier molecular flexibility index (Phi) is 5.33. The number of aryl methyl sites for hydroxylation is 3. The van der Waals surface area contributed by atoms with Crippen LogP contribution in [0, 0.1) is 6.92 Å². The number of hydrogen-bond donors (Lipinski definition) is 1. The number of fused-ring (bicyclic) bond motifs is 2. The number of carbonyl (C=O) groups is 3. The first-order valence-electron chi connectivity index (χ1n) is 10.6. The number of benzene rings is 1. The molecule has 1 aromatic heterocycles. The van der Waals surface area contributed by atoms with Gasteiger partial charge in [0.05, 0.1) is 5.52 Å². The number of amides is 3. The molecule has 0 atom stereocenters. The summed E-state index contributed by atoms with van der Waals surface area (Å²) in [6.07, 6.45) is 4.84. The Morgan fingerprint density at radius 2 is 1.68 bits per heavy atom. The first kappa shape index (κ1) is 21.1. The summed E-state index contributed by atoms with van der Waals surface area (Å²) >= 11 is 0. The third-order valence-electron chi connectivity index (χ3n) is 7.05. The van der Waals surface area contributed by atoms with Gasteiger partial charge < -0.3 is 14.9 Å².